The van der Waals surface area contributed by atoms with Gasteiger partial charge in [0.2, 0.25) is 0 Å². The van der Waals surface area contributed by atoms with Crippen LogP contribution in [-0.4, -0.2) is 15.5 Å². The quantitative estimate of drug-likeness (QED) is 0.338. The lowest BCUT2D eigenvalue weighted by atomic mass is 10.0. The first-order valence-electron chi connectivity index (χ1n) is 9.57. The van der Waals surface area contributed by atoms with E-state index in [0.29, 0.717) is 28.1 Å². The summed E-state index contributed by atoms with van der Waals surface area (Å²) in [6.07, 6.45) is 2.10. The van der Waals surface area contributed by atoms with E-state index in [1.165, 1.54) is 10.9 Å². The number of fused-ring (bicyclic) bond motifs is 1. The van der Waals surface area contributed by atoms with Gasteiger partial charge in [0.15, 0.2) is 0 Å². The van der Waals surface area contributed by atoms with E-state index in [0.717, 1.165) is 11.1 Å². The topological polar surface area (TPSA) is 61.2 Å². The first-order chi connectivity index (χ1) is 14.6. The summed E-state index contributed by atoms with van der Waals surface area (Å²) in [5.41, 5.74) is 2.37. The Hall–Kier alpha value is -3.44. The molecule has 0 aliphatic rings. The van der Waals surface area contributed by atoms with Crippen LogP contribution in [0.3, 0.4) is 0 Å². The number of benzene rings is 3. The zero-order valence-electron chi connectivity index (χ0n) is 16.1. The Morgan fingerprint density at radius 1 is 1.00 bits per heavy atom. The van der Waals surface area contributed by atoms with Crippen LogP contribution in [0.5, 0.6) is 5.75 Å². The second-order valence-electron chi connectivity index (χ2n) is 6.90. The van der Waals surface area contributed by atoms with Crippen molar-refractivity contribution >= 4 is 28.5 Å². The third kappa shape index (κ3) is 4.58. The van der Waals surface area contributed by atoms with Crippen LogP contribution in [0.2, 0.25) is 5.02 Å². The number of aromatic nitrogens is 2. The number of carbonyl (C=O) groups is 1. The molecule has 0 saturated carbocycles. The van der Waals surface area contributed by atoms with E-state index in [-0.39, 0.29) is 18.5 Å². The van der Waals surface area contributed by atoms with Crippen LogP contribution in [0.25, 0.3) is 10.9 Å². The molecule has 0 spiro atoms. The molecule has 4 rings (SSSR count). The van der Waals surface area contributed by atoms with Gasteiger partial charge in [-0.2, -0.15) is 0 Å². The molecule has 0 unspecified atom stereocenters. The molecule has 1 heterocycles. The summed E-state index contributed by atoms with van der Waals surface area (Å²) in [6, 6.07) is 22.2. The van der Waals surface area contributed by atoms with Crippen molar-refractivity contribution in [3.8, 4) is 5.75 Å². The summed E-state index contributed by atoms with van der Waals surface area (Å²) in [4.78, 5) is 29.3. The molecule has 0 fully saturated rings. The first kappa shape index (κ1) is 19.9. The fourth-order valence-electron chi connectivity index (χ4n) is 3.25. The van der Waals surface area contributed by atoms with Crippen LogP contribution >= 0.6 is 11.6 Å². The molecule has 3 aromatic carbocycles. The standard InChI is InChI=1S/C24H19ClN2O3/c25-19-10-11-22(18(15-19)14-17-6-2-1-3-7-17)30-23(28)12-13-27-16-26-21-9-5-4-8-20(21)24(27)29/h1-11,15-16H,12-14H2. The Labute approximate surface area is 178 Å². The molecule has 5 nitrogen and oxygen atoms in total. The molecule has 6 heteroatoms. The number of nitrogens with zero attached hydrogens (tertiary/aromatic N) is 2. The number of hydrogen-bond acceptors (Lipinski definition) is 4. The molecule has 0 aliphatic heterocycles. The maximum atomic E-state index is 12.6. The van der Waals surface area contributed by atoms with Gasteiger partial charge in [0.1, 0.15) is 5.75 Å². The van der Waals surface area contributed by atoms with Crippen molar-refractivity contribution in [3.63, 3.8) is 0 Å². The highest BCUT2D eigenvalue weighted by molar-refractivity contribution is 6.30. The zero-order chi connectivity index (χ0) is 20.9. The Balaban J connectivity index is 1.47. The minimum absolute atomic E-state index is 0.0489. The summed E-state index contributed by atoms with van der Waals surface area (Å²) in [7, 11) is 0. The van der Waals surface area contributed by atoms with Gasteiger partial charge in [-0.3, -0.25) is 14.2 Å². The normalized spacial score (nSPS) is 10.8. The second-order valence-corrected chi connectivity index (χ2v) is 7.34. The summed E-state index contributed by atoms with van der Waals surface area (Å²) in [5.74, 6) is 0.0453. The van der Waals surface area contributed by atoms with E-state index in [4.69, 9.17) is 16.3 Å². The third-order valence-corrected chi connectivity index (χ3v) is 5.01. The lowest BCUT2D eigenvalue weighted by Gasteiger charge is -2.11. The van der Waals surface area contributed by atoms with Crippen LogP contribution in [0, 0.1) is 0 Å². The maximum Gasteiger partial charge on any atom is 0.313 e. The predicted octanol–water partition coefficient (Wildman–Crippen LogP) is 4.64. The van der Waals surface area contributed by atoms with Crippen molar-refractivity contribution in [2.75, 3.05) is 0 Å². The summed E-state index contributed by atoms with van der Waals surface area (Å²) in [5, 5.41) is 1.10. The number of hydrogen-bond donors (Lipinski definition) is 0. The number of rotatable bonds is 6. The Bertz CT molecular complexity index is 1250. The molecule has 0 radical (unpaired) electrons. The lowest BCUT2D eigenvalue weighted by Crippen LogP contribution is -2.23. The molecule has 1 aromatic heterocycles. The Morgan fingerprint density at radius 2 is 1.77 bits per heavy atom. The minimum atomic E-state index is -0.424. The summed E-state index contributed by atoms with van der Waals surface area (Å²) >= 11 is 6.14. The highest BCUT2D eigenvalue weighted by Crippen LogP contribution is 2.26. The van der Waals surface area contributed by atoms with E-state index in [1.807, 2.05) is 36.4 Å². The average molecular weight is 419 g/mol. The van der Waals surface area contributed by atoms with Gasteiger partial charge in [0, 0.05) is 23.6 Å². The number of halogens is 1. The van der Waals surface area contributed by atoms with Crippen LogP contribution < -0.4 is 10.3 Å². The molecule has 0 amide bonds. The van der Waals surface area contributed by atoms with Gasteiger partial charge in [-0.1, -0.05) is 54.1 Å². The number of esters is 1. The molecule has 0 saturated heterocycles. The molecule has 0 N–H and O–H groups in total. The van der Waals surface area contributed by atoms with Gasteiger partial charge in [0.05, 0.1) is 23.7 Å². The van der Waals surface area contributed by atoms with Gasteiger partial charge < -0.3 is 4.74 Å². The average Bonchev–Trinajstić information content (AvgIpc) is 2.76. The molecule has 0 aliphatic carbocycles. The fourth-order valence-corrected chi connectivity index (χ4v) is 3.45. The van der Waals surface area contributed by atoms with Crippen molar-refractivity contribution < 1.29 is 9.53 Å². The van der Waals surface area contributed by atoms with Crippen LogP contribution in [0.1, 0.15) is 17.5 Å². The summed E-state index contributed by atoms with van der Waals surface area (Å²) < 4.78 is 7.02. The minimum Gasteiger partial charge on any atom is -0.426 e. The second kappa shape index (κ2) is 8.93. The highest BCUT2D eigenvalue weighted by atomic mass is 35.5. The van der Waals surface area contributed by atoms with E-state index < -0.39 is 5.97 Å². The van der Waals surface area contributed by atoms with Gasteiger partial charge in [-0.05, 0) is 35.9 Å². The van der Waals surface area contributed by atoms with Gasteiger partial charge in [-0.15, -0.1) is 0 Å². The largest absolute Gasteiger partial charge is 0.426 e. The van der Waals surface area contributed by atoms with Crippen molar-refractivity contribution in [3.05, 3.63) is 106 Å². The molecule has 150 valence electrons. The molecule has 0 atom stereocenters. The Kier molecular flexibility index (Phi) is 5.91. The number of para-hydroxylation sites is 1. The predicted molar refractivity (Wildman–Crippen MR) is 117 cm³/mol. The van der Waals surface area contributed by atoms with E-state index >= 15 is 0 Å². The number of carbonyl (C=O) groups excluding carboxylic acids is 1. The highest BCUT2D eigenvalue weighted by Gasteiger charge is 2.12. The third-order valence-electron chi connectivity index (χ3n) is 4.77. The molecular formula is C24H19ClN2O3. The van der Waals surface area contributed by atoms with Gasteiger partial charge in [-0.25, -0.2) is 4.98 Å². The first-order valence-corrected chi connectivity index (χ1v) is 9.95. The Morgan fingerprint density at radius 3 is 2.60 bits per heavy atom. The van der Waals surface area contributed by atoms with Crippen LogP contribution in [0.15, 0.2) is 83.9 Å². The monoisotopic (exact) mass is 418 g/mol. The number of aryl methyl sites for hydroxylation is 1. The van der Waals surface area contributed by atoms with Crippen LogP contribution in [-0.2, 0) is 17.8 Å². The van der Waals surface area contributed by atoms with Gasteiger partial charge >= 0.3 is 5.97 Å². The van der Waals surface area contributed by atoms with Crippen molar-refractivity contribution in [1.82, 2.24) is 9.55 Å². The smallest absolute Gasteiger partial charge is 0.313 e. The van der Waals surface area contributed by atoms with Crippen molar-refractivity contribution in [1.29, 1.82) is 0 Å². The van der Waals surface area contributed by atoms with Crippen molar-refractivity contribution in [2.45, 2.75) is 19.4 Å². The van der Waals surface area contributed by atoms with Crippen LogP contribution in [0.4, 0.5) is 0 Å². The van der Waals surface area contributed by atoms with Crippen molar-refractivity contribution in [2.24, 2.45) is 0 Å². The van der Waals surface area contributed by atoms with E-state index in [1.54, 1.807) is 36.4 Å². The molecular weight excluding hydrogens is 400 g/mol. The molecule has 4 aromatic rings. The zero-order valence-corrected chi connectivity index (χ0v) is 16.9. The number of ether oxygens (including phenoxy) is 1. The lowest BCUT2D eigenvalue weighted by molar-refractivity contribution is -0.134. The van der Waals surface area contributed by atoms with E-state index in [2.05, 4.69) is 4.98 Å². The molecule has 30 heavy (non-hydrogen) atoms. The summed E-state index contributed by atoms with van der Waals surface area (Å²) in [6.45, 7) is 0.192. The molecule has 0 bridgehead atoms. The fraction of sp³-hybridized carbons (Fsp3) is 0.125. The SMILES string of the molecule is O=C(CCn1cnc2ccccc2c1=O)Oc1ccc(Cl)cc1Cc1ccccc1. The van der Waals surface area contributed by atoms with Gasteiger partial charge in [0.25, 0.3) is 5.56 Å². The maximum absolute atomic E-state index is 12.6. The van der Waals surface area contributed by atoms with E-state index in [9.17, 15) is 9.59 Å².